The number of carbonyl (C=O) groups is 3. The molecule has 0 spiro atoms. The monoisotopic (exact) mass is 830 g/mol. The molecule has 4 aliphatic heterocycles. The first-order valence-electron chi connectivity index (χ1n) is 21.8. The molecule has 5 aromatic rings. The number of rotatable bonds is 10. The predicted octanol–water partition coefficient (Wildman–Crippen LogP) is 4.63. The summed E-state index contributed by atoms with van der Waals surface area (Å²) >= 11 is 0. The molecular formula is C45H54N10O6. The molecule has 5 aliphatic rings. The van der Waals surface area contributed by atoms with Crippen molar-refractivity contribution in [1.82, 2.24) is 34.1 Å². The smallest absolute Gasteiger partial charge is 0.329 e. The molecule has 0 radical (unpaired) electrons. The molecule has 2 bridgehead atoms. The van der Waals surface area contributed by atoms with E-state index >= 15 is 0 Å². The van der Waals surface area contributed by atoms with Crippen LogP contribution in [0.2, 0.25) is 0 Å². The van der Waals surface area contributed by atoms with Crippen LogP contribution in [0.25, 0.3) is 21.9 Å². The highest BCUT2D eigenvalue weighted by Gasteiger charge is 2.40. The van der Waals surface area contributed by atoms with E-state index in [1.807, 2.05) is 36.4 Å². The Morgan fingerprint density at radius 1 is 1.00 bits per heavy atom. The van der Waals surface area contributed by atoms with Gasteiger partial charge in [0.15, 0.2) is 0 Å². The number of anilines is 3. The van der Waals surface area contributed by atoms with E-state index in [2.05, 4.69) is 49.3 Å². The van der Waals surface area contributed by atoms with Gasteiger partial charge in [-0.05, 0) is 94.7 Å². The Bertz CT molecular complexity index is 2570. The zero-order chi connectivity index (χ0) is 41.9. The van der Waals surface area contributed by atoms with E-state index in [0.29, 0.717) is 54.2 Å². The third-order valence-corrected chi connectivity index (χ3v) is 14.0. The third-order valence-electron chi connectivity index (χ3n) is 14.0. The third kappa shape index (κ3) is 7.32. The van der Waals surface area contributed by atoms with Crippen LogP contribution in [0, 0.1) is 5.92 Å². The fourth-order valence-corrected chi connectivity index (χ4v) is 10.7. The van der Waals surface area contributed by atoms with Crippen molar-refractivity contribution in [2.45, 2.75) is 88.1 Å². The number of imidazole rings is 1. The number of hydrogen-bond acceptors (Lipinski definition) is 11. The molecule has 3 amide bonds. The number of nitrogens with one attached hydrogen (secondary N) is 2. The number of pyridine rings is 1. The van der Waals surface area contributed by atoms with Gasteiger partial charge in [0.2, 0.25) is 11.8 Å². The molecule has 2 aromatic carbocycles. The van der Waals surface area contributed by atoms with Gasteiger partial charge in [-0.15, -0.1) is 0 Å². The van der Waals surface area contributed by atoms with Crippen molar-refractivity contribution in [2.75, 3.05) is 62.1 Å². The molecule has 10 rings (SSSR count). The maximum atomic E-state index is 13.5. The quantitative estimate of drug-likeness (QED) is 0.189. The summed E-state index contributed by atoms with van der Waals surface area (Å²) in [6, 6.07) is 15.8. The highest BCUT2D eigenvalue weighted by Crippen LogP contribution is 2.37. The number of imide groups is 1. The summed E-state index contributed by atoms with van der Waals surface area (Å²) in [5.74, 6) is 0.974. The van der Waals surface area contributed by atoms with Gasteiger partial charge in [0.1, 0.15) is 23.3 Å². The van der Waals surface area contributed by atoms with Crippen LogP contribution in [-0.4, -0.2) is 112 Å². The van der Waals surface area contributed by atoms with Gasteiger partial charge in [0.05, 0.1) is 59.8 Å². The number of fused-ring (bicyclic) bond motifs is 4. The lowest BCUT2D eigenvalue weighted by atomic mass is 9.85. The molecule has 16 heteroatoms. The van der Waals surface area contributed by atoms with E-state index in [1.165, 1.54) is 0 Å². The zero-order valence-corrected chi connectivity index (χ0v) is 35.1. The van der Waals surface area contributed by atoms with Crippen molar-refractivity contribution in [3.63, 3.8) is 0 Å². The fourth-order valence-electron chi connectivity index (χ4n) is 10.7. The molecule has 3 aromatic heterocycles. The molecule has 16 nitrogen and oxygen atoms in total. The SMILES string of the molecule is COc1cc2nn(C3CCC(CN(C)C4CCN(c5cccc6c5n(C)c(=O)n6C5CCC(=O)NC5=O)CC4)CC3)cc2cc1NC(=O)c1cccc(N2C[C@@H]3C[C@H]2CO3)n1. The maximum Gasteiger partial charge on any atom is 0.329 e. The average Bonchev–Trinajstić information content (AvgIpc) is 4.08. The van der Waals surface area contributed by atoms with Crippen LogP contribution in [0.4, 0.5) is 17.2 Å². The Hall–Kier alpha value is -5.74. The molecule has 3 atom stereocenters. The van der Waals surface area contributed by atoms with Gasteiger partial charge in [-0.2, -0.15) is 5.10 Å². The first kappa shape index (κ1) is 39.4. The lowest BCUT2D eigenvalue weighted by molar-refractivity contribution is -0.135. The minimum atomic E-state index is -0.699. The van der Waals surface area contributed by atoms with Gasteiger partial charge in [0, 0.05) is 63.3 Å². The van der Waals surface area contributed by atoms with Gasteiger partial charge in [0.25, 0.3) is 5.91 Å². The van der Waals surface area contributed by atoms with E-state index < -0.39 is 11.9 Å². The predicted molar refractivity (Wildman–Crippen MR) is 231 cm³/mol. The Labute approximate surface area is 353 Å². The van der Waals surface area contributed by atoms with Crippen LogP contribution >= 0.6 is 0 Å². The van der Waals surface area contributed by atoms with Gasteiger partial charge in [-0.1, -0.05) is 12.1 Å². The van der Waals surface area contributed by atoms with Crippen LogP contribution in [0.15, 0.2) is 59.5 Å². The number of nitrogens with zero attached hydrogens (tertiary/aromatic N) is 8. The average molecular weight is 831 g/mol. The number of methoxy groups -OCH3 is 1. The molecule has 1 saturated carbocycles. The van der Waals surface area contributed by atoms with Crippen LogP contribution in [-0.2, 0) is 21.4 Å². The van der Waals surface area contributed by atoms with E-state index in [-0.39, 0.29) is 30.0 Å². The second-order valence-corrected chi connectivity index (χ2v) is 17.7. The molecule has 5 fully saturated rings. The summed E-state index contributed by atoms with van der Waals surface area (Å²) < 4.78 is 16.8. The van der Waals surface area contributed by atoms with Crippen LogP contribution < -0.4 is 30.9 Å². The number of morpholine rings is 1. The molecule has 61 heavy (non-hydrogen) atoms. The van der Waals surface area contributed by atoms with Gasteiger partial charge >= 0.3 is 5.69 Å². The lowest BCUT2D eigenvalue weighted by Crippen LogP contribution is -2.45. The molecule has 4 saturated heterocycles. The van der Waals surface area contributed by atoms with Gasteiger partial charge in [-0.25, -0.2) is 9.78 Å². The summed E-state index contributed by atoms with van der Waals surface area (Å²) in [5, 5.41) is 11.4. The van der Waals surface area contributed by atoms with Crippen LogP contribution in [0.1, 0.15) is 80.4 Å². The lowest BCUT2D eigenvalue weighted by Gasteiger charge is -2.40. The fraction of sp³-hybridized carbons (Fsp3) is 0.511. The van der Waals surface area contributed by atoms with Crippen molar-refractivity contribution in [2.24, 2.45) is 13.0 Å². The number of ether oxygens (including phenoxy) is 2. The normalized spacial score (nSPS) is 24.6. The summed E-state index contributed by atoms with van der Waals surface area (Å²) in [5.41, 5.74) is 4.09. The standard InChI is InChI=1S/C45H54N10O6/c1-50(29-16-18-52(19-17-29)36-7-5-8-37-42(36)51(2)45(59)55(37)38-14-15-41(56)48-44(38)58)23-27-10-12-30(13-11-27)54-24-28-20-35(39(60-3)22-34(28)49-54)47-43(57)33-6-4-9-40(46-33)53-25-32-21-31(53)26-61-32/h4-9,20,22,24,27,29-32,38H,10-19,21,23,25-26H2,1-3H3,(H,47,57)(H,48,56,58)/t27?,30?,31-,32-,38?/m0/s1. The number of amides is 3. The molecule has 320 valence electrons. The first-order valence-corrected chi connectivity index (χ1v) is 21.8. The second-order valence-electron chi connectivity index (χ2n) is 17.7. The molecule has 7 heterocycles. The second kappa shape index (κ2) is 15.9. The minimum absolute atomic E-state index is 0.218. The number of piperidine rings is 2. The van der Waals surface area contributed by atoms with Crippen molar-refractivity contribution >= 4 is 56.9 Å². The summed E-state index contributed by atoms with van der Waals surface area (Å²) in [6.45, 7) is 4.32. The minimum Gasteiger partial charge on any atom is -0.494 e. The number of aryl methyl sites for hydroxylation is 1. The maximum absolute atomic E-state index is 13.5. The summed E-state index contributed by atoms with van der Waals surface area (Å²) in [4.78, 5) is 63.4. The van der Waals surface area contributed by atoms with Crippen LogP contribution in [0.5, 0.6) is 5.75 Å². The van der Waals surface area contributed by atoms with Gasteiger partial charge in [-0.3, -0.25) is 33.5 Å². The number of benzene rings is 2. The van der Waals surface area contributed by atoms with E-state index in [1.54, 1.807) is 29.4 Å². The Morgan fingerprint density at radius 3 is 2.54 bits per heavy atom. The number of aromatic nitrogens is 5. The first-order chi connectivity index (χ1) is 29.6. The Morgan fingerprint density at radius 2 is 1.80 bits per heavy atom. The Balaban J connectivity index is 0.741. The molecule has 1 unspecified atom stereocenters. The summed E-state index contributed by atoms with van der Waals surface area (Å²) in [6.07, 6.45) is 10.3. The van der Waals surface area contributed by atoms with Crippen molar-refractivity contribution < 1.29 is 23.9 Å². The van der Waals surface area contributed by atoms with Crippen molar-refractivity contribution in [1.29, 1.82) is 0 Å². The largest absolute Gasteiger partial charge is 0.494 e. The highest BCUT2D eigenvalue weighted by molar-refractivity contribution is 6.05. The topological polar surface area (TPSA) is 161 Å². The van der Waals surface area contributed by atoms with Gasteiger partial charge < -0.3 is 29.5 Å². The highest BCUT2D eigenvalue weighted by atomic mass is 16.5. The summed E-state index contributed by atoms with van der Waals surface area (Å²) in [7, 11) is 5.64. The molecule has 2 N–H and O–H groups in total. The number of hydrogen-bond donors (Lipinski definition) is 2. The van der Waals surface area contributed by atoms with Crippen molar-refractivity contribution in [3.05, 3.63) is 70.9 Å². The van der Waals surface area contributed by atoms with E-state index in [4.69, 9.17) is 19.6 Å². The Kier molecular flexibility index (Phi) is 10.3. The van der Waals surface area contributed by atoms with E-state index in [9.17, 15) is 19.2 Å². The number of para-hydroxylation sites is 1. The number of carbonyl (C=O) groups excluding carboxylic acids is 3. The molecule has 1 aliphatic carbocycles. The zero-order valence-electron chi connectivity index (χ0n) is 35.1. The van der Waals surface area contributed by atoms with Crippen LogP contribution in [0.3, 0.4) is 0 Å². The van der Waals surface area contributed by atoms with Crippen molar-refractivity contribution in [3.8, 4) is 5.75 Å². The molecular weight excluding hydrogens is 777 g/mol. The van der Waals surface area contributed by atoms with E-state index in [0.717, 1.165) is 105 Å².